The Morgan fingerprint density at radius 2 is 2.05 bits per heavy atom. The highest BCUT2D eigenvalue weighted by atomic mass is 16.5. The molecule has 0 bridgehead atoms. The molecule has 20 heavy (non-hydrogen) atoms. The Balaban J connectivity index is 1.81. The predicted molar refractivity (Wildman–Crippen MR) is 78.0 cm³/mol. The monoisotopic (exact) mass is 277 g/mol. The van der Waals surface area contributed by atoms with E-state index in [1.54, 1.807) is 7.11 Å². The third-order valence-corrected chi connectivity index (χ3v) is 4.13. The maximum atomic E-state index is 10.9. The molecule has 0 aromatic heterocycles. The van der Waals surface area contributed by atoms with Crippen molar-refractivity contribution in [3.8, 4) is 5.75 Å². The molecular weight excluding hydrogens is 254 g/mol. The first-order chi connectivity index (χ1) is 9.60. The highest BCUT2D eigenvalue weighted by molar-refractivity contribution is 5.70. The van der Waals surface area contributed by atoms with Crippen LogP contribution in [-0.2, 0) is 11.3 Å². The van der Waals surface area contributed by atoms with E-state index in [1.807, 2.05) is 13.0 Å². The summed E-state index contributed by atoms with van der Waals surface area (Å²) in [5.41, 5.74) is 2.38. The van der Waals surface area contributed by atoms with Gasteiger partial charge in [0.1, 0.15) is 5.75 Å². The summed E-state index contributed by atoms with van der Waals surface area (Å²) in [5.74, 6) is 0.126. The lowest BCUT2D eigenvalue weighted by molar-refractivity contribution is -0.142. The maximum Gasteiger partial charge on any atom is 0.306 e. The Hall–Kier alpha value is -1.55. The van der Waals surface area contributed by atoms with Crippen LogP contribution in [0.3, 0.4) is 0 Å². The lowest BCUT2D eigenvalue weighted by atomic mass is 9.86. The summed E-state index contributed by atoms with van der Waals surface area (Å²) >= 11 is 0. The third-order valence-electron chi connectivity index (χ3n) is 4.13. The lowest BCUT2D eigenvalue weighted by Gasteiger charge is -2.27. The Labute approximate surface area is 120 Å². The topological polar surface area (TPSA) is 58.6 Å². The van der Waals surface area contributed by atoms with Crippen LogP contribution in [0.2, 0.25) is 0 Å². The molecule has 0 aliphatic heterocycles. The van der Waals surface area contributed by atoms with Gasteiger partial charge in [0.25, 0.3) is 0 Å². The molecule has 0 radical (unpaired) electrons. The van der Waals surface area contributed by atoms with Crippen LogP contribution in [-0.4, -0.2) is 24.2 Å². The van der Waals surface area contributed by atoms with Crippen molar-refractivity contribution < 1.29 is 14.6 Å². The molecule has 0 amide bonds. The normalized spacial score (nSPS) is 22.5. The summed E-state index contributed by atoms with van der Waals surface area (Å²) in [4.78, 5) is 10.9. The smallest absolute Gasteiger partial charge is 0.306 e. The number of hydrogen-bond acceptors (Lipinski definition) is 3. The number of benzene rings is 1. The molecule has 1 aromatic rings. The number of carboxylic acid groups (broad SMARTS) is 1. The summed E-state index contributed by atoms with van der Waals surface area (Å²) in [6.07, 6.45) is 3.47. The minimum absolute atomic E-state index is 0.142. The Morgan fingerprint density at radius 1 is 1.35 bits per heavy atom. The van der Waals surface area contributed by atoms with Crippen LogP contribution in [0.4, 0.5) is 0 Å². The first-order valence-electron chi connectivity index (χ1n) is 7.20. The number of hydrogen-bond donors (Lipinski definition) is 2. The van der Waals surface area contributed by atoms with Crippen molar-refractivity contribution in [3.05, 3.63) is 29.3 Å². The number of methoxy groups -OCH3 is 1. The molecule has 4 heteroatoms. The second kappa shape index (κ2) is 6.75. The van der Waals surface area contributed by atoms with E-state index in [2.05, 4.69) is 17.4 Å². The third kappa shape index (κ3) is 3.73. The first kappa shape index (κ1) is 14.9. The fourth-order valence-electron chi connectivity index (χ4n) is 2.86. The molecule has 1 saturated carbocycles. The number of rotatable bonds is 5. The van der Waals surface area contributed by atoms with Gasteiger partial charge in [0, 0.05) is 12.6 Å². The van der Waals surface area contributed by atoms with Crippen LogP contribution in [0, 0.1) is 12.8 Å². The minimum atomic E-state index is -0.644. The molecule has 1 aromatic carbocycles. The first-order valence-corrected chi connectivity index (χ1v) is 7.20. The van der Waals surface area contributed by atoms with E-state index in [0.717, 1.165) is 43.5 Å². The van der Waals surface area contributed by atoms with Gasteiger partial charge < -0.3 is 15.2 Å². The van der Waals surface area contributed by atoms with Gasteiger partial charge in [0.05, 0.1) is 13.0 Å². The second-order valence-corrected chi connectivity index (χ2v) is 5.57. The SMILES string of the molecule is COc1ccc(CNC2CCC(C(=O)O)CC2)cc1C. The number of aryl methyl sites for hydroxylation is 1. The molecule has 4 nitrogen and oxygen atoms in total. The number of nitrogens with one attached hydrogen (secondary N) is 1. The Kier molecular flexibility index (Phi) is 5.01. The van der Waals surface area contributed by atoms with Crippen LogP contribution >= 0.6 is 0 Å². The molecule has 2 rings (SSSR count). The second-order valence-electron chi connectivity index (χ2n) is 5.57. The average Bonchev–Trinajstić information content (AvgIpc) is 2.45. The maximum absolute atomic E-state index is 10.9. The van der Waals surface area contributed by atoms with Crippen molar-refractivity contribution >= 4 is 5.97 Å². The standard InChI is InChI=1S/C16H23NO3/c1-11-9-12(3-8-15(11)20-2)10-17-14-6-4-13(5-7-14)16(18)19/h3,8-9,13-14,17H,4-7,10H2,1-2H3,(H,18,19). The molecule has 110 valence electrons. The van der Waals surface area contributed by atoms with E-state index >= 15 is 0 Å². The zero-order valence-electron chi connectivity index (χ0n) is 12.2. The quantitative estimate of drug-likeness (QED) is 0.869. The van der Waals surface area contributed by atoms with Crippen LogP contribution in [0.5, 0.6) is 5.75 Å². The largest absolute Gasteiger partial charge is 0.496 e. The molecule has 1 aliphatic carbocycles. The van der Waals surface area contributed by atoms with Gasteiger partial charge in [-0.1, -0.05) is 12.1 Å². The number of carboxylic acids is 1. The van der Waals surface area contributed by atoms with Crippen LogP contribution in [0.1, 0.15) is 36.8 Å². The van der Waals surface area contributed by atoms with Crippen molar-refractivity contribution in [2.75, 3.05) is 7.11 Å². The van der Waals surface area contributed by atoms with Crippen molar-refractivity contribution in [2.24, 2.45) is 5.92 Å². The average molecular weight is 277 g/mol. The fourth-order valence-corrected chi connectivity index (χ4v) is 2.86. The van der Waals surface area contributed by atoms with E-state index in [1.165, 1.54) is 5.56 Å². The Morgan fingerprint density at radius 3 is 2.60 bits per heavy atom. The van der Waals surface area contributed by atoms with Gasteiger partial charge in [-0.2, -0.15) is 0 Å². The summed E-state index contributed by atoms with van der Waals surface area (Å²) < 4.78 is 5.25. The van der Waals surface area contributed by atoms with Crippen molar-refractivity contribution in [2.45, 2.75) is 45.2 Å². The predicted octanol–water partition coefficient (Wildman–Crippen LogP) is 2.74. The van der Waals surface area contributed by atoms with Gasteiger partial charge in [-0.05, 0) is 49.8 Å². The summed E-state index contributed by atoms with van der Waals surface area (Å²) in [6, 6.07) is 6.64. The van der Waals surface area contributed by atoms with Crippen molar-refractivity contribution in [1.82, 2.24) is 5.32 Å². The zero-order chi connectivity index (χ0) is 14.5. The molecule has 0 unspecified atom stereocenters. The molecule has 0 spiro atoms. The molecule has 1 fully saturated rings. The van der Waals surface area contributed by atoms with E-state index in [9.17, 15) is 4.79 Å². The molecule has 0 heterocycles. The van der Waals surface area contributed by atoms with E-state index in [-0.39, 0.29) is 5.92 Å². The van der Waals surface area contributed by atoms with E-state index in [4.69, 9.17) is 9.84 Å². The fraction of sp³-hybridized carbons (Fsp3) is 0.562. The summed E-state index contributed by atoms with van der Waals surface area (Å²) in [5, 5.41) is 12.5. The number of ether oxygens (including phenoxy) is 1. The molecule has 0 atom stereocenters. The van der Waals surface area contributed by atoms with Gasteiger partial charge in [0.2, 0.25) is 0 Å². The number of carbonyl (C=O) groups is 1. The highest BCUT2D eigenvalue weighted by Gasteiger charge is 2.25. The zero-order valence-corrected chi connectivity index (χ0v) is 12.2. The molecule has 2 N–H and O–H groups in total. The van der Waals surface area contributed by atoms with Gasteiger partial charge in [0.15, 0.2) is 0 Å². The Bertz CT molecular complexity index is 465. The molecule has 0 saturated heterocycles. The van der Waals surface area contributed by atoms with Gasteiger partial charge in [-0.3, -0.25) is 4.79 Å². The van der Waals surface area contributed by atoms with Gasteiger partial charge >= 0.3 is 5.97 Å². The minimum Gasteiger partial charge on any atom is -0.496 e. The van der Waals surface area contributed by atoms with Gasteiger partial charge in [-0.25, -0.2) is 0 Å². The van der Waals surface area contributed by atoms with Crippen molar-refractivity contribution in [1.29, 1.82) is 0 Å². The van der Waals surface area contributed by atoms with Crippen LogP contribution in [0.15, 0.2) is 18.2 Å². The van der Waals surface area contributed by atoms with Crippen LogP contribution in [0.25, 0.3) is 0 Å². The van der Waals surface area contributed by atoms with Crippen LogP contribution < -0.4 is 10.1 Å². The number of aliphatic carboxylic acids is 1. The van der Waals surface area contributed by atoms with E-state index in [0.29, 0.717) is 6.04 Å². The summed E-state index contributed by atoms with van der Waals surface area (Å²) in [6.45, 7) is 2.87. The lowest BCUT2D eigenvalue weighted by Crippen LogP contribution is -2.34. The van der Waals surface area contributed by atoms with Gasteiger partial charge in [-0.15, -0.1) is 0 Å². The molecule has 1 aliphatic rings. The van der Waals surface area contributed by atoms with Crippen molar-refractivity contribution in [3.63, 3.8) is 0 Å². The van der Waals surface area contributed by atoms with E-state index < -0.39 is 5.97 Å². The molecular formula is C16H23NO3. The summed E-state index contributed by atoms with van der Waals surface area (Å²) in [7, 11) is 1.68. The highest BCUT2D eigenvalue weighted by Crippen LogP contribution is 2.25.